The van der Waals surface area contributed by atoms with E-state index in [0.717, 1.165) is 25.2 Å². The number of nitrogens with zero attached hydrogens (tertiary/aromatic N) is 1. The maximum atomic E-state index is 12.2. The molecule has 1 atom stereocenters. The van der Waals surface area contributed by atoms with Crippen molar-refractivity contribution in [1.82, 2.24) is 4.90 Å². The zero-order valence-corrected chi connectivity index (χ0v) is 10.9. The van der Waals surface area contributed by atoms with Gasteiger partial charge in [0.1, 0.15) is 6.04 Å². The van der Waals surface area contributed by atoms with Crippen LogP contribution in [0.1, 0.15) is 27.2 Å². The van der Waals surface area contributed by atoms with Crippen LogP contribution in [0.2, 0.25) is 0 Å². The first-order valence-corrected chi connectivity index (χ1v) is 6.24. The summed E-state index contributed by atoms with van der Waals surface area (Å²) < 4.78 is 0. The molecule has 1 rings (SSSR count). The van der Waals surface area contributed by atoms with Gasteiger partial charge in [-0.2, -0.15) is 0 Å². The zero-order valence-electron chi connectivity index (χ0n) is 10.9. The fourth-order valence-electron chi connectivity index (χ4n) is 1.76. The Morgan fingerprint density at radius 3 is 2.53 bits per heavy atom. The van der Waals surface area contributed by atoms with Gasteiger partial charge in [0.2, 0.25) is 5.91 Å². The van der Waals surface area contributed by atoms with Gasteiger partial charge in [-0.1, -0.05) is 25.1 Å². The second-order valence-electron chi connectivity index (χ2n) is 3.89. The Bertz CT molecular complexity index is 333. The fourth-order valence-corrected chi connectivity index (χ4v) is 1.76. The highest BCUT2D eigenvalue weighted by Gasteiger charge is 2.20. The van der Waals surface area contributed by atoms with Crippen molar-refractivity contribution in [3.05, 3.63) is 30.3 Å². The molecular formula is C14H21N2O. The van der Waals surface area contributed by atoms with Crippen LogP contribution >= 0.6 is 0 Å². The molecule has 17 heavy (non-hydrogen) atoms. The van der Waals surface area contributed by atoms with Gasteiger partial charge in [0, 0.05) is 24.8 Å². The Morgan fingerprint density at radius 2 is 2.06 bits per heavy atom. The number of benzene rings is 1. The Labute approximate surface area is 104 Å². The van der Waals surface area contributed by atoms with E-state index in [4.69, 9.17) is 0 Å². The Kier molecular flexibility index (Phi) is 5.53. The average molecular weight is 233 g/mol. The Hall–Kier alpha value is -1.51. The number of carbonyl (C=O) groups is 1. The summed E-state index contributed by atoms with van der Waals surface area (Å²) in [6, 6.07) is 10.5. The Morgan fingerprint density at radius 1 is 1.35 bits per heavy atom. The number of hydrogen-bond donors (Lipinski definition) is 1. The first-order chi connectivity index (χ1) is 8.22. The van der Waals surface area contributed by atoms with Crippen molar-refractivity contribution < 1.29 is 4.79 Å². The molecule has 0 fully saturated rings. The molecule has 1 aromatic rings. The van der Waals surface area contributed by atoms with Gasteiger partial charge in [-0.3, -0.25) is 4.79 Å². The van der Waals surface area contributed by atoms with Crippen molar-refractivity contribution in [2.24, 2.45) is 0 Å². The first-order valence-electron chi connectivity index (χ1n) is 6.24. The van der Waals surface area contributed by atoms with Gasteiger partial charge in [-0.05, 0) is 26.3 Å². The number of rotatable bonds is 6. The van der Waals surface area contributed by atoms with Gasteiger partial charge in [0.25, 0.3) is 0 Å². The lowest BCUT2D eigenvalue weighted by atomic mass is 10.1. The molecule has 0 aliphatic rings. The van der Waals surface area contributed by atoms with Crippen LogP contribution in [0, 0.1) is 6.07 Å². The van der Waals surface area contributed by atoms with Crippen LogP contribution in [0.25, 0.3) is 0 Å². The molecule has 0 aliphatic carbocycles. The molecular weight excluding hydrogens is 212 g/mol. The Balaban J connectivity index is 2.68. The predicted molar refractivity (Wildman–Crippen MR) is 70.9 cm³/mol. The summed E-state index contributed by atoms with van der Waals surface area (Å²) >= 11 is 0. The highest BCUT2D eigenvalue weighted by molar-refractivity contribution is 5.84. The minimum absolute atomic E-state index is 0.159. The predicted octanol–water partition coefficient (Wildman–Crippen LogP) is 2.55. The lowest BCUT2D eigenvalue weighted by Crippen LogP contribution is -2.42. The molecule has 0 aliphatic heterocycles. The van der Waals surface area contributed by atoms with Gasteiger partial charge in [-0.15, -0.1) is 0 Å². The van der Waals surface area contributed by atoms with Gasteiger partial charge in [0.15, 0.2) is 0 Å². The number of amides is 1. The summed E-state index contributed by atoms with van der Waals surface area (Å²) in [7, 11) is 0. The topological polar surface area (TPSA) is 32.3 Å². The van der Waals surface area contributed by atoms with E-state index in [1.165, 1.54) is 0 Å². The molecule has 1 radical (unpaired) electrons. The second kappa shape index (κ2) is 6.94. The monoisotopic (exact) mass is 233 g/mol. The van der Waals surface area contributed by atoms with Crippen LogP contribution in [-0.2, 0) is 4.79 Å². The van der Waals surface area contributed by atoms with Gasteiger partial charge in [0.05, 0.1) is 0 Å². The fraction of sp³-hybridized carbons (Fsp3) is 0.500. The van der Waals surface area contributed by atoms with Crippen LogP contribution < -0.4 is 5.32 Å². The summed E-state index contributed by atoms with van der Waals surface area (Å²) in [6.45, 7) is 7.53. The number of para-hydroxylation sites is 1. The third-order valence-electron chi connectivity index (χ3n) is 2.82. The summed E-state index contributed by atoms with van der Waals surface area (Å²) in [4.78, 5) is 14.0. The van der Waals surface area contributed by atoms with E-state index in [9.17, 15) is 4.79 Å². The summed E-state index contributed by atoms with van der Waals surface area (Å²) in [5, 5.41) is 3.23. The van der Waals surface area contributed by atoms with E-state index < -0.39 is 0 Å². The highest BCUT2D eigenvalue weighted by atomic mass is 16.2. The number of likely N-dealkylation sites (N-methyl/N-ethyl adjacent to an activating group) is 1. The van der Waals surface area contributed by atoms with E-state index >= 15 is 0 Å². The SMILES string of the molecule is CCC(Nc1[c]cccc1)C(=O)N(CC)CC. The molecule has 3 heteroatoms. The third kappa shape index (κ3) is 3.77. The molecule has 1 amide bonds. The van der Waals surface area contributed by atoms with Crippen molar-refractivity contribution >= 4 is 11.6 Å². The molecule has 93 valence electrons. The van der Waals surface area contributed by atoms with Gasteiger partial charge >= 0.3 is 0 Å². The van der Waals surface area contributed by atoms with Crippen LogP contribution in [0.4, 0.5) is 5.69 Å². The van der Waals surface area contributed by atoms with E-state index in [0.29, 0.717) is 0 Å². The van der Waals surface area contributed by atoms with E-state index in [2.05, 4.69) is 11.4 Å². The number of hydrogen-bond acceptors (Lipinski definition) is 2. The minimum Gasteiger partial charge on any atom is -0.373 e. The molecule has 3 nitrogen and oxygen atoms in total. The molecule has 0 spiro atoms. The summed E-state index contributed by atoms with van der Waals surface area (Å²) in [6.07, 6.45) is 0.776. The first kappa shape index (κ1) is 13.6. The van der Waals surface area contributed by atoms with E-state index in [-0.39, 0.29) is 11.9 Å². The summed E-state index contributed by atoms with van der Waals surface area (Å²) in [5.74, 6) is 0.162. The quantitative estimate of drug-likeness (QED) is 0.819. The maximum absolute atomic E-state index is 12.2. The van der Waals surface area contributed by atoms with Crippen LogP contribution in [0.5, 0.6) is 0 Å². The molecule has 0 saturated carbocycles. The van der Waals surface area contributed by atoms with E-state index in [1.54, 1.807) is 0 Å². The largest absolute Gasteiger partial charge is 0.373 e. The normalized spacial score (nSPS) is 11.9. The number of carbonyl (C=O) groups excluding carboxylic acids is 1. The smallest absolute Gasteiger partial charge is 0.245 e. The van der Waals surface area contributed by atoms with Crippen molar-refractivity contribution in [3.63, 3.8) is 0 Å². The van der Waals surface area contributed by atoms with Crippen molar-refractivity contribution in [1.29, 1.82) is 0 Å². The maximum Gasteiger partial charge on any atom is 0.245 e. The lowest BCUT2D eigenvalue weighted by molar-refractivity contribution is -0.131. The average Bonchev–Trinajstić information content (AvgIpc) is 2.38. The standard InChI is InChI=1S/C14H21N2O/c1-4-13(14(17)16(5-2)6-3)15-12-10-8-7-9-11-12/h7-10,13,15H,4-6H2,1-3H3. The van der Waals surface area contributed by atoms with Gasteiger partial charge < -0.3 is 10.2 Å². The molecule has 1 unspecified atom stereocenters. The molecule has 0 heterocycles. The third-order valence-corrected chi connectivity index (χ3v) is 2.82. The highest BCUT2D eigenvalue weighted by Crippen LogP contribution is 2.10. The summed E-state index contributed by atoms with van der Waals surface area (Å²) in [5.41, 5.74) is 0.875. The zero-order chi connectivity index (χ0) is 12.7. The number of nitrogens with one attached hydrogen (secondary N) is 1. The van der Waals surface area contributed by atoms with Crippen LogP contribution in [0.15, 0.2) is 24.3 Å². The van der Waals surface area contributed by atoms with E-state index in [1.807, 2.05) is 49.9 Å². The van der Waals surface area contributed by atoms with Crippen LogP contribution in [0.3, 0.4) is 0 Å². The molecule has 0 aromatic heterocycles. The van der Waals surface area contributed by atoms with Crippen molar-refractivity contribution in [2.45, 2.75) is 33.2 Å². The minimum atomic E-state index is -0.159. The molecule has 0 bridgehead atoms. The second-order valence-corrected chi connectivity index (χ2v) is 3.89. The van der Waals surface area contributed by atoms with Crippen LogP contribution in [-0.4, -0.2) is 29.9 Å². The molecule has 1 N–H and O–H groups in total. The molecule has 1 aromatic carbocycles. The number of anilines is 1. The van der Waals surface area contributed by atoms with Gasteiger partial charge in [-0.25, -0.2) is 0 Å². The van der Waals surface area contributed by atoms with Crippen molar-refractivity contribution in [2.75, 3.05) is 18.4 Å². The van der Waals surface area contributed by atoms with Crippen molar-refractivity contribution in [3.8, 4) is 0 Å². The lowest BCUT2D eigenvalue weighted by Gasteiger charge is -2.25. The molecule has 0 saturated heterocycles.